The third-order valence-electron chi connectivity index (χ3n) is 4.35. The molecule has 0 spiro atoms. The van der Waals surface area contributed by atoms with Crippen LogP contribution < -0.4 is 19.5 Å². The SMILES string of the molecule is COc1ccc(C(C)NC(=O)CCCOc2ccc(S(C)(=O)=O)cc2)cc1OC. The van der Waals surface area contributed by atoms with Crippen LogP contribution in [0, 0.1) is 0 Å². The van der Waals surface area contributed by atoms with Crippen molar-refractivity contribution >= 4 is 15.7 Å². The molecular weight excluding hydrogens is 394 g/mol. The van der Waals surface area contributed by atoms with Gasteiger partial charge in [-0.2, -0.15) is 0 Å². The number of ether oxygens (including phenoxy) is 3. The van der Waals surface area contributed by atoms with E-state index in [1.165, 1.54) is 12.1 Å². The first-order valence-corrected chi connectivity index (χ1v) is 11.1. The molecule has 0 aromatic heterocycles. The molecule has 1 N–H and O–H groups in total. The molecule has 0 aliphatic rings. The van der Waals surface area contributed by atoms with Crippen molar-refractivity contribution in [1.29, 1.82) is 0 Å². The zero-order valence-electron chi connectivity index (χ0n) is 17.1. The number of carbonyl (C=O) groups excluding carboxylic acids is 1. The maximum atomic E-state index is 12.2. The summed E-state index contributed by atoms with van der Waals surface area (Å²) < 4.78 is 39.0. The predicted octanol–water partition coefficient (Wildman–Crippen LogP) is 3.14. The van der Waals surface area contributed by atoms with Crippen LogP contribution in [0.2, 0.25) is 0 Å². The normalized spacial score (nSPS) is 12.1. The number of carbonyl (C=O) groups is 1. The number of rotatable bonds is 10. The van der Waals surface area contributed by atoms with Gasteiger partial charge in [0.1, 0.15) is 5.75 Å². The molecule has 2 aromatic rings. The van der Waals surface area contributed by atoms with Crippen molar-refractivity contribution in [2.24, 2.45) is 0 Å². The Morgan fingerprint density at radius 3 is 2.28 bits per heavy atom. The summed E-state index contributed by atoms with van der Waals surface area (Å²) in [4.78, 5) is 12.4. The van der Waals surface area contributed by atoms with Crippen molar-refractivity contribution in [1.82, 2.24) is 5.32 Å². The van der Waals surface area contributed by atoms with Crippen LogP contribution in [0.4, 0.5) is 0 Å². The number of nitrogens with one attached hydrogen (secondary N) is 1. The van der Waals surface area contributed by atoms with Gasteiger partial charge in [0.05, 0.1) is 31.8 Å². The van der Waals surface area contributed by atoms with Crippen molar-refractivity contribution < 1.29 is 27.4 Å². The molecule has 158 valence electrons. The summed E-state index contributed by atoms with van der Waals surface area (Å²) in [5.41, 5.74) is 0.915. The minimum atomic E-state index is -3.22. The number of hydrogen-bond donors (Lipinski definition) is 1. The lowest BCUT2D eigenvalue weighted by Gasteiger charge is -2.16. The molecule has 0 saturated carbocycles. The first-order valence-electron chi connectivity index (χ1n) is 9.19. The van der Waals surface area contributed by atoms with E-state index in [-0.39, 0.29) is 16.8 Å². The molecule has 1 atom stereocenters. The minimum Gasteiger partial charge on any atom is -0.494 e. The smallest absolute Gasteiger partial charge is 0.220 e. The lowest BCUT2D eigenvalue weighted by Crippen LogP contribution is -2.26. The van der Waals surface area contributed by atoms with Gasteiger partial charge in [-0.15, -0.1) is 0 Å². The third-order valence-corrected chi connectivity index (χ3v) is 5.48. The van der Waals surface area contributed by atoms with Gasteiger partial charge < -0.3 is 19.5 Å². The molecule has 7 nitrogen and oxygen atoms in total. The average Bonchev–Trinajstić information content (AvgIpc) is 2.70. The van der Waals surface area contributed by atoms with E-state index in [0.29, 0.717) is 36.7 Å². The topological polar surface area (TPSA) is 90.9 Å². The van der Waals surface area contributed by atoms with Crippen LogP contribution >= 0.6 is 0 Å². The Hall–Kier alpha value is -2.74. The fourth-order valence-electron chi connectivity index (χ4n) is 2.72. The number of benzene rings is 2. The van der Waals surface area contributed by atoms with E-state index in [4.69, 9.17) is 14.2 Å². The van der Waals surface area contributed by atoms with Crippen LogP contribution in [0.1, 0.15) is 31.4 Å². The Kier molecular flexibility index (Phi) is 7.90. The minimum absolute atomic E-state index is 0.0803. The Bertz CT molecular complexity index is 925. The van der Waals surface area contributed by atoms with Crippen LogP contribution in [0.5, 0.6) is 17.2 Å². The second-order valence-corrected chi connectivity index (χ2v) is 8.61. The van der Waals surface area contributed by atoms with Gasteiger partial charge in [-0.25, -0.2) is 8.42 Å². The lowest BCUT2D eigenvalue weighted by molar-refractivity contribution is -0.121. The number of sulfone groups is 1. The van der Waals surface area contributed by atoms with Gasteiger partial charge in [0.25, 0.3) is 0 Å². The zero-order valence-corrected chi connectivity index (χ0v) is 17.9. The van der Waals surface area contributed by atoms with Crippen LogP contribution in [-0.4, -0.2) is 41.4 Å². The van der Waals surface area contributed by atoms with Crippen LogP contribution in [-0.2, 0) is 14.6 Å². The van der Waals surface area contributed by atoms with E-state index < -0.39 is 9.84 Å². The van der Waals surface area contributed by atoms with Gasteiger partial charge in [-0.05, 0) is 55.3 Å². The van der Waals surface area contributed by atoms with Gasteiger partial charge in [0.15, 0.2) is 21.3 Å². The van der Waals surface area contributed by atoms with Crippen molar-refractivity contribution in [2.75, 3.05) is 27.1 Å². The summed E-state index contributed by atoms with van der Waals surface area (Å²) in [5, 5.41) is 2.95. The van der Waals surface area contributed by atoms with Crippen molar-refractivity contribution in [3.63, 3.8) is 0 Å². The Balaban J connectivity index is 1.78. The van der Waals surface area contributed by atoms with Crippen molar-refractivity contribution in [3.05, 3.63) is 48.0 Å². The summed E-state index contributed by atoms with van der Waals surface area (Å²) in [5.74, 6) is 1.73. The molecule has 0 aliphatic carbocycles. The highest BCUT2D eigenvalue weighted by molar-refractivity contribution is 7.90. The largest absolute Gasteiger partial charge is 0.494 e. The van der Waals surface area contributed by atoms with Gasteiger partial charge in [-0.1, -0.05) is 6.07 Å². The molecule has 0 bridgehead atoms. The predicted molar refractivity (Wildman–Crippen MR) is 110 cm³/mol. The van der Waals surface area contributed by atoms with Gasteiger partial charge >= 0.3 is 0 Å². The molecule has 2 rings (SSSR count). The lowest BCUT2D eigenvalue weighted by atomic mass is 10.1. The van der Waals surface area contributed by atoms with Crippen molar-refractivity contribution in [2.45, 2.75) is 30.7 Å². The van der Waals surface area contributed by atoms with Crippen LogP contribution in [0.3, 0.4) is 0 Å². The molecule has 0 heterocycles. The molecule has 1 amide bonds. The number of hydrogen-bond acceptors (Lipinski definition) is 6. The van der Waals surface area contributed by atoms with Crippen LogP contribution in [0.15, 0.2) is 47.4 Å². The van der Waals surface area contributed by atoms with Crippen LogP contribution in [0.25, 0.3) is 0 Å². The molecule has 1 unspecified atom stereocenters. The zero-order chi connectivity index (χ0) is 21.4. The highest BCUT2D eigenvalue weighted by atomic mass is 32.2. The van der Waals surface area contributed by atoms with E-state index in [9.17, 15) is 13.2 Å². The van der Waals surface area contributed by atoms with E-state index in [1.54, 1.807) is 32.4 Å². The molecular formula is C21H27NO6S. The van der Waals surface area contributed by atoms with E-state index in [1.807, 2.05) is 19.1 Å². The molecule has 29 heavy (non-hydrogen) atoms. The number of amides is 1. The number of methoxy groups -OCH3 is 2. The highest BCUT2D eigenvalue weighted by Gasteiger charge is 2.13. The maximum absolute atomic E-state index is 12.2. The molecule has 0 fully saturated rings. The van der Waals surface area contributed by atoms with Gasteiger partial charge in [-0.3, -0.25) is 4.79 Å². The standard InChI is InChI=1S/C21H27NO6S/c1-15(16-7-12-19(26-2)20(14-16)27-3)22-21(23)6-5-13-28-17-8-10-18(11-9-17)29(4,24)25/h7-12,14-15H,5-6,13H2,1-4H3,(H,22,23). The summed E-state index contributed by atoms with van der Waals surface area (Å²) in [6, 6.07) is 11.6. The maximum Gasteiger partial charge on any atom is 0.220 e. The second kappa shape index (κ2) is 10.2. The van der Waals surface area contributed by atoms with Crippen molar-refractivity contribution in [3.8, 4) is 17.2 Å². The quantitative estimate of drug-likeness (QED) is 0.593. The first kappa shape index (κ1) is 22.5. The van der Waals surface area contributed by atoms with E-state index >= 15 is 0 Å². The summed E-state index contributed by atoms with van der Waals surface area (Å²) in [7, 11) is -0.0790. The third kappa shape index (κ3) is 6.67. The summed E-state index contributed by atoms with van der Waals surface area (Å²) in [6.45, 7) is 2.26. The van der Waals surface area contributed by atoms with E-state index in [2.05, 4.69) is 5.32 Å². The molecule has 0 radical (unpaired) electrons. The Morgan fingerprint density at radius 2 is 1.69 bits per heavy atom. The summed E-state index contributed by atoms with van der Waals surface area (Å²) in [6.07, 6.45) is 2.02. The second-order valence-electron chi connectivity index (χ2n) is 6.60. The average molecular weight is 422 g/mol. The first-order chi connectivity index (χ1) is 13.7. The van der Waals surface area contributed by atoms with E-state index in [0.717, 1.165) is 11.8 Å². The van der Waals surface area contributed by atoms with Gasteiger partial charge in [0.2, 0.25) is 5.91 Å². The molecule has 2 aromatic carbocycles. The fourth-order valence-corrected chi connectivity index (χ4v) is 3.36. The highest BCUT2D eigenvalue weighted by Crippen LogP contribution is 2.29. The molecule has 0 saturated heterocycles. The fraction of sp³-hybridized carbons (Fsp3) is 0.381. The van der Waals surface area contributed by atoms with Gasteiger partial charge in [0, 0.05) is 12.7 Å². The monoisotopic (exact) mass is 421 g/mol. The Morgan fingerprint density at radius 1 is 1.03 bits per heavy atom. The summed E-state index contributed by atoms with van der Waals surface area (Å²) >= 11 is 0. The Labute approximate surface area is 171 Å². The molecule has 0 aliphatic heterocycles. The molecule has 8 heteroatoms.